The van der Waals surface area contributed by atoms with E-state index in [4.69, 9.17) is 27.5 Å². The topological polar surface area (TPSA) is 95.9 Å². The largest absolute Gasteiger partial charge is 0.508 e. The van der Waals surface area contributed by atoms with Crippen molar-refractivity contribution in [2.45, 2.75) is 0 Å². The van der Waals surface area contributed by atoms with E-state index in [-0.39, 0.29) is 28.7 Å². The number of rotatable bonds is 3. The summed E-state index contributed by atoms with van der Waals surface area (Å²) < 4.78 is 0. The first-order valence-electron chi connectivity index (χ1n) is 4.00. The van der Waals surface area contributed by atoms with Crippen LogP contribution in [0.1, 0.15) is 10.4 Å². The molecule has 15 heavy (non-hydrogen) atoms. The number of phenols is 1. The predicted octanol–water partition coefficient (Wildman–Crippen LogP) is 1.32. The number of nitrogens with two attached hydrogens (primary N) is 1. The van der Waals surface area contributed by atoms with E-state index < -0.39 is 5.97 Å². The third-order valence-electron chi connectivity index (χ3n) is 1.61. The van der Waals surface area contributed by atoms with Gasteiger partial charge in [0.05, 0.1) is 17.1 Å². The molecule has 80 valence electrons. The van der Waals surface area contributed by atoms with Gasteiger partial charge in [0.2, 0.25) is 0 Å². The molecule has 0 aliphatic carbocycles. The van der Waals surface area contributed by atoms with Gasteiger partial charge in [0.15, 0.2) is 0 Å². The Bertz CT molecular complexity index is 418. The molecule has 0 saturated carbocycles. The second-order valence-corrected chi connectivity index (χ2v) is 3.01. The average molecular weight is 229 g/mol. The Morgan fingerprint density at radius 3 is 2.73 bits per heavy atom. The van der Waals surface area contributed by atoms with Crippen LogP contribution in [0.2, 0.25) is 0 Å². The van der Waals surface area contributed by atoms with Gasteiger partial charge in [-0.15, -0.1) is 11.6 Å². The summed E-state index contributed by atoms with van der Waals surface area (Å²) in [5, 5.41) is 17.9. The van der Waals surface area contributed by atoms with Crippen LogP contribution in [0.25, 0.3) is 0 Å². The number of halogens is 1. The minimum absolute atomic E-state index is 0.0138. The van der Waals surface area contributed by atoms with E-state index in [0.29, 0.717) is 0 Å². The Hall–Kier alpha value is -1.75. The molecule has 0 amide bonds. The summed E-state index contributed by atoms with van der Waals surface area (Å²) in [6.07, 6.45) is 0. The van der Waals surface area contributed by atoms with Crippen molar-refractivity contribution >= 4 is 29.1 Å². The monoisotopic (exact) mass is 228 g/mol. The third kappa shape index (κ3) is 2.85. The number of carbonyl (C=O) groups is 1. The zero-order valence-corrected chi connectivity index (χ0v) is 8.40. The fourth-order valence-electron chi connectivity index (χ4n) is 0.977. The highest BCUT2D eigenvalue weighted by atomic mass is 35.5. The highest BCUT2D eigenvalue weighted by molar-refractivity contribution is 6.28. The summed E-state index contributed by atoms with van der Waals surface area (Å²) >= 11 is 5.41. The van der Waals surface area contributed by atoms with Crippen molar-refractivity contribution in [2.24, 2.45) is 10.7 Å². The van der Waals surface area contributed by atoms with Crippen LogP contribution in [0, 0.1) is 0 Å². The highest BCUT2D eigenvalue weighted by Gasteiger charge is 2.10. The minimum Gasteiger partial charge on any atom is -0.508 e. The Morgan fingerprint density at radius 1 is 1.53 bits per heavy atom. The smallest absolute Gasteiger partial charge is 0.338 e. The lowest BCUT2D eigenvalue weighted by atomic mass is 10.1. The number of amidine groups is 1. The van der Waals surface area contributed by atoms with Gasteiger partial charge >= 0.3 is 5.97 Å². The van der Waals surface area contributed by atoms with Crippen molar-refractivity contribution in [3.05, 3.63) is 23.8 Å². The number of phenolic OH excluding ortho intramolecular Hbond substituents is 1. The van der Waals surface area contributed by atoms with E-state index in [0.717, 1.165) is 6.07 Å². The van der Waals surface area contributed by atoms with Crippen LogP contribution in [0.4, 0.5) is 5.69 Å². The minimum atomic E-state index is -1.19. The zero-order chi connectivity index (χ0) is 11.4. The van der Waals surface area contributed by atoms with E-state index in [1.807, 2.05) is 0 Å². The van der Waals surface area contributed by atoms with E-state index in [1.165, 1.54) is 12.1 Å². The molecule has 1 aromatic carbocycles. The highest BCUT2D eigenvalue weighted by Crippen LogP contribution is 2.23. The quantitative estimate of drug-likeness (QED) is 0.413. The summed E-state index contributed by atoms with van der Waals surface area (Å²) in [5.74, 6) is -1.20. The molecule has 0 aliphatic rings. The van der Waals surface area contributed by atoms with Crippen LogP contribution >= 0.6 is 11.6 Å². The van der Waals surface area contributed by atoms with Gasteiger partial charge in [-0.05, 0) is 18.2 Å². The Kier molecular flexibility index (Phi) is 3.51. The van der Waals surface area contributed by atoms with Gasteiger partial charge in [0.1, 0.15) is 11.6 Å². The van der Waals surface area contributed by atoms with Crippen molar-refractivity contribution in [2.75, 3.05) is 5.88 Å². The normalized spacial score (nSPS) is 11.4. The first kappa shape index (κ1) is 11.3. The van der Waals surface area contributed by atoms with Gasteiger partial charge < -0.3 is 15.9 Å². The maximum atomic E-state index is 10.8. The molecule has 5 nitrogen and oxygen atoms in total. The van der Waals surface area contributed by atoms with Crippen LogP contribution in [0.3, 0.4) is 0 Å². The number of aromatic hydroxyl groups is 1. The molecule has 0 aromatic heterocycles. The summed E-state index contributed by atoms with van der Waals surface area (Å²) in [6, 6.07) is 3.79. The number of carboxylic acid groups (broad SMARTS) is 1. The molecule has 0 spiro atoms. The van der Waals surface area contributed by atoms with Crippen LogP contribution in [-0.4, -0.2) is 27.9 Å². The molecular formula is C9H9ClN2O3. The summed E-state index contributed by atoms with van der Waals surface area (Å²) in [7, 11) is 0. The maximum Gasteiger partial charge on any atom is 0.338 e. The lowest BCUT2D eigenvalue weighted by molar-refractivity contribution is 0.0697. The Labute approximate surface area is 90.8 Å². The molecule has 1 rings (SSSR count). The molecule has 6 heteroatoms. The number of carboxylic acids is 1. The summed E-state index contributed by atoms with van der Waals surface area (Å²) in [6.45, 7) is 0. The van der Waals surface area contributed by atoms with Gasteiger partial charge in [-0.3, -0.25) is 0 Å². The van der Waals surface area contributed by atoms with E-state index in [2.05, 4.69) is 4.99 Å². The zero-order valence-electron chi connectivity index (χ0n) is 7.64. The van der Waals surface area contributed by atoms with Gasteiger partial charge in [0.25, 0.3) is 0 Å². The van der Waals surface area contributed by atoms with Crippen molar-refractivity contribution in [3.8, 4) is 5.75 Å². The second kappa shape index (κ2) is 4.65. The molecule has 0 saturated heterocycles. The van der Waals surface area contributed by atoms with Crippen molar-refractivity contribution in [1.82, 2.24) is 0 Å². The Morgan fingerprint density at radius 2 is 2.20 bits per heavy atom. The van der Waals surface area contributed by atoms with Gasteiger partial charge in [-0.1, -0.05) is 0 Å². The molecule has 0 radical (unpaired) electrons. The molecule has 4 N–H and O–H groups in total. The van der Waals surface area contributed by atoms with E-state index in [9.17, 15) is 4.79 Å². The summed E-state index contributed by atoms with van der Waals surface area (Å²) in [4.78, 5) is 14.6. The van der Waals surface area contributed by atoms with Crippen LogP contribution in [-0.2, 0) is 0 Å². The summed E-state index contributed by atoms with van der Waals surface area (Å²) in [5.41, 5.74) is 5.42. The second-order valence-electron chi connectivity index (χ2n) is 2.74. The number of aliphatic imine (C=N–C) groups is 1. The molecule has 0 aliphatic heterocycles. The first-order valence-corrected chi connectivity index (χ1v) is 4.53. The molecule has 0 fully saturated rings. The Balaban J connectivity index is 3.23. The van der Waals surface area contributed by atoms with E-state index >= 15 is 0 Å². The standard InChI is InChI=1S/C9H9ClN2O3/c10-4-8(11)12-7-2-1-5(13)3-6(7)9(14)15/h1-3,13H,4H2,(H2,11,12)(H,14,15). The van der Waals surface area contributed by atoms with Gasteiger partial charge in [-0.2, -0.15) is 0 Å². The molecule has 1 aromatic rings. The molecule has 0 bridgehead atoms. The van der Waals surface area contributed by atoms with Crippen LogP contribution in [0.5, 0.6) is 5.75 Å². The third-order valence-corrected chi connectivity index (χ3v) is 1.89. The number of nitrogens with zero attached hydrogens (tertiary/aromatic N) is 1. The molecule has 0 atom stereocenters. The maximum absolute atomic E-state index is 10.8. The first-order chi connectivity index (χ1) is 7.04. The number of alkyl halides is 1. The lowest BCUT2D eigenvalue weighted by Crippen LogP contribution is -2.12. The van der Waals surface area contributed by atoms with E-state index in [1.54, 1.807) is 0 Å². The van der Waals surface area contributed by atoms with Crippen LogP contribution < -0.4 is 5.73 Å². The van der Waals surface area contributed by atoms with Crippen molar-refractivity contribution < 1.29 is 15.0 Å². The van der Waals surface area contributed by atoms with Crippen molar-refractivity contribution in [1.29, 1.82) is 0 Å². The van der Waals surface area contributed by atoms with Crippen LogP contribution in [0.15, 0.2) is 23.2 Å². The lowest BCUT2D eigenvalue weighted by Gasteiger charge is -2.02. The van der Waals surface area contributed by atoms with Gasteiger partial charge in [-0.25, -0.2) is 9.79 Å². The molecule has 0 unspecified atom stereocenters. The molecule has 0 heterocycles. The predicted molar refractivity (Wildman–Crippen MR) is 57.1 cm³/mol. The number of hydrogen-bond acceptors (Lipinski definition) is 3. The fraction of sp³-hybridized carbons (Fsp3) is 0.111. The fourth-order valence-corrected chi connectivity index (χ4v) is 1.04. The average Bonchev–Trinajstić information content (AvgIpc) is 2.20. The molecular weight excluding hydrogens is 220 g/mol. The van der Waals surface area contributed by atoms with Gasteiger partial charge in [0, 0.05) is 0 Å². The number of hydrogen-bond donors (Lipinski definition) is 3. The number of benzene rings is 1. The SMILES string of the molecule is NC(CCl)=Nc1ccc(O)cc1C(=O)O. The van der Waals surface area contributed by atoms with Crippen molar-refractivity contribution in [3.63, 3.8) is 0 Å². The number of aromatic carboxylic acids is 1.